The number of halogens is 1. The molecule has 0 bridgehead atoms. The monoisotopic (exact) mass is 308 g/mol. The van der Waals surface area contributed by atoms with Crippen LogP contribution in [0.25, 0.3) is 0 Å². The van der Waals surface area contributed by atoms with Crippen LogP contribution >= 0.6 is 15.9 Å². The lowest BCUT2D eigenvalue weighted by Gasteiger charge is -2.12. The van der Waals surface area contributed by atoms with Crippen LogP contribution < -0.4 is 0 Å². The molecule has 0 aliphatic heterocycles. The van der Waals surface area contributed by atoms with Crippen molar-refractivity contribution in [3.8, 4) is 0 Å². The fraction of sp³-hybridized carbons (Fsp3) is 0.357. The van der Waals surface area contributed by atoms with Gasteiger partial charge >= 0.3 is 0 Å². The summed E-state index contributed by atoms with van der Waals surface area (Å²) in [5.41, 5.74) is 3.27. The summed E-state index contributed by atoms with van der Waals surface area (Å²) in [4.78, 5) is 0. The standard InChI is InChI=1S/C14H17BrN2O/c1-10-3-4-11(9-13(10)15)14(18)6-5-12-7-8-16-17(12)2/h3-4,7-9,14,18H,5-6H2,1-2H3. The summed E-state index contributed by atoms with van der Waals surface area (Å²) in [6.07, 6.45) is 2.87. The molecule has 0 amide bonds. The van der Waals surface area contributed by atoms with E-state index in [1.54, 1.807) is 6.20 Å². The Hall–Kier alpha value is -1.13. The van der Waals surface area contributed by atoms with Crippen LogP contribution in [0.1, 0.15) is 29.3 Å². The third-order valence-corrected chi connectivity index (χ3v) is 4.03. The largest absolute Gasteiger partial charge is 0.388 e. The number of aryl methyl sites for hydroxylation is 3. The highest BCUT2D eigenvalue weighted by Gasteiger charge is 2.10. The van der Waals surface area contributed by atoms with Crippen molar-refractivity contribution >= 4 is 15.9 Å². The van der Waals surface area contributed by atoms with E-state index in [2.05, 4.69) is 21.0 Å². The molecular weight excluding hydrogens is 292 g/mol. The predicted octanol–water partition coefficient (Wildman–Crippen LogP) is 3.16. The minimum atomic E-state index is -0.434. The van der Waals surface area contributed by atoms with Crippen molar-refractivity contribution in [3.63, 3.8) is 0 Å². The van der Waals surface area contributed by atoms with Gasteiger partial charge in [0, 0.05) is 23.4 Å². The van der Waals surface area contributed by atoms with Gasteiger partial charge in [0.05, 0.1) is 6.10 Å². The number of aliphatic hydroxyl groups is 1. The van der Waals surface area contributed by atoms with Crippen molar-refractivity contribution in [1.29, 1.82) is 0 Å². The third-order valence-electron chi connectivity index (χ3n) is 3.18. The first-order chi connectivity index (χ1) is 8.58. The Morgan fingerprint density at radius 2 is 2.17 bits per heavy atom. The third kappa shape index (κ3) is 3.00. The number of hydrogen-bond acceptors (Lipinski definition) is 2. The fourth-order valence-electron chi connectivity index (χ4n) is 1.91. The Bertz CT molecular complexity index is 536. The molecule has 1 unspecified atom stereocenters. The minimum Gasteiger partial charge on any atom is -0.388 e. The van der Waals surface area contributed by atoms with E-state index in [0.717, 1.165) is 22.2 Å². The molecule has 4 heteroatoms. The topological polar surface area (TPSA) is 38.1 Å². The molecule has 0 aliphatic rings. The van der Waals surface area contributed by atoms with Crippen molar-refractivity contribution in [1.82, 2.24) is 9.78 Å². The molecule has 1 aromatic carbocycles. The predicted molar refractivity (Wildman–Crippen MR) is 75.4 cm³/mol. The molecule has 1 N–H and O–H groups in total. The van der Waals surface area contributed by atoms with Gasteiger partial charge in [0.15, 0.2) is 0 Å². The van der Waals surface area contributed by atoms with E-state index in [0.29, 0.717) is 6.42 Å². The average Bonchev–Trinajstić information content (AvgIpc) is 2.75. The first kappa shape index (κ1) is 13.3. The van der Waals surface area contributed by atoms with Gasteiger partial charge in [-0.3, -0.25) is 4.68 Å². The van der Waals surface area contributed by atoms with E-state index in [9.17, 15) is 5.11 Å². The molecule has 1 aromatic heterocycles. The Balaban J connectivity index is 2.01. The SMILES string of the molecule is Cc1ccc(C(O)CCc2ccnn2C)cc1Br. The highest BCUT2D eigenvalue weighted by Crippen LogP contribution is 2.24. The van der Waals surface area contributed by atoms with Crippen LogP contribution in [0, 0.1) is 6.92 Å². The van der Waals surface area contributed by atoms with Crippen LogP contribution in [0.4, 0.5) is 0 Å². The van der Waals surface area contributed by atoms with E-state index in [-0.39, 0.29) is 0 Å². The van der Waals surface area contributed by atoms with Gasteiger partial charge in [-0.05, 0) is 43.0 Å². The number of rotatable bonds is 4. The summed E-state index contributed by atoms with van der Waals surface area (Å²) >= 11 is 3.49. The molecule has 0 radical (unpaired) electrons. The maximum absolute atomic E-state index is 10.2. The lowest BCUT2D eigenvalue weighted by Crippen LogP contribution is -2.03. The quantitative estimate of drug-likeness (QED) is 0.942. The van der Waals surface area contributed by atoms with Crippen molar-refractivity contribution in [2.75, 3.05) is 0 Å². The van der Waals surface area contributed by atoms with Gasteiger partial charge in [-0.25, -0.2) is 0 Å². The molecule has 2 rings (SSSR count). The minimum absolute atomic E-state index is 0.434. The lowest BCUT2D eigenvalue weighted by molar-refractivity contribution is 0.167. The van der Waals surface area contributed by atoms with E-state index in [1.165, 1.54) is 5.56 Å². The smallest absolute Gasteiger partial charge is 0.0794 e. The van der Waals surface area contributed by atoms with Gasteiger partial charge < -0.3 is 5.11 Å². The normalized spacial score (nSPS) is 12.7. The Morgan fingerprint density at radius 3 is 2.78 bits per heavy atom. The van der Waals surface area contributed by atoms with Gasteiger partial charge in [-0.1, -0.05) is 28.1 Å². The molecule has 18 heavy (non-hydrogen) atoms. The van der Waals surface area contributed by atoms with E-state index in [4.69, 9.17) is 0 Å². The zero-order valence-electron chi connectivity index (χ0n) is 10.6. The fourth-order valence-corrected chi connectivity index (χ4v) is 2.31. The zero-order valence-corrected chi connectivity index (χ0v) is 12.2. The Kier molecular flexibility index (Phi) is 4.19. The molecule has 3 nitrogen and oxygen atoms in total. The summed E-state index contributed by atoms with van der Waals surface area (Å²) in [5.74, 6) is 0. The summed E-state index contributed by atoms with van der Waals surface area (Å²) in [7, 11) is 1.92. The van der Waals surface area contributed by atoms with Crippen molar-refractivity contribution in [3.05, 3.63) is 51.8 Å². The average molecular weight is 309 g/mol. The number of benzene rings is 1. The van der Waals surface area contributed by atoms with Gasteiger partial charge in [-0.15, -0.1) is 0 Å². The molecule has 96 valence electrons. The lowest BCUT2D eigenvalue weighted by atomic mass is 10.0. The van der Waals surface area contributed by atoms with Crippen molar-refractivity contribution < 1.29 is 5.11 Å². The molecular formula is C14H17BrN2O. The molecule has 1 heterocycles. The Labute approximate surface area is 116 Å². The molecule has 1 atom stereocenters. The Morgan fingerprint density at radius 1 is 1.39 bits per heavy atom. The maximum Gasteiger partial charge on any atom is 0.0794 e. The van der Waals surface area contributed by atoms with E-state index in [1.807, 2.05) is 42.9 Å². The number of nitrogens with zero attached hydrogens (tertiary/aromatic N) is 2. The molecule has 0 aliphatic carbocycles. The molecule has 0 saturated carbocycles. The van der Waals surface area contributed by atoms with Crippen molar-refractivity contribution in [2.24, 2.45) is 7.05 Å². The highest BCUT2D eigenvalue weighted by atomic mass is 79.9. The molecule has 0 saturated heterocycles. The summed E-state index contributed by atoms with van der Waals surface area (Å²) in [6, 6.07) is 7.97. The van der Waals surface area contributed by atoms with Gasteiger partial charge in [-0.2, -0.15) is 5.10 Å². The van der Waals surface area contributed by atoms with Gasteiger partial charge in [0.1, 0.15) is 0 Å². The molecule has 0 fully saturated rings. The molecule has 2 aromatic rings. The number of hydrogen-bond donors (Lipinski definition) is 1. The van der Waals surface area contributed by atoms with Crippen LogP contribution in [-0.4, -0.2) is 14.9 Å². The van der Waals surface area contributed by atoms with E-state index >= 15 is 0 Å². The second-order valence-electron chi connectivity index (χ2n) is 4.51. The second kappa shape index (κ2) is 5.67. The van der Waals surface area contributed by atoms with Crippen LogP contribution in [0.3, 0.4) is 0 Å². The summed E-state index contributed by atoms with van der Waals surface area (Å²) < 4.78 is 2.89. The summed E-state index contributed by atoms with van der Waals surface area (Å²) in [6.45, 7) is 2.04. The van der Waals surface area contributed by atoms with E-state index < -0.39 is 6.10 Å². The molecule has 0 spiro atoms. The first-order valence-corrected chi connectivity index (χ1v) is 6.78. The number of aliphatic hydroxyl groups excluding tert-OH is 1. The number of aromatic nitrogens is 2. The van der Waals surface area contributed by atoms with Gasteiger partial charge in [0.2, 0.25) is 0 Å². The van der Waals surface area contributed by atoms with Crippen LogP contribution in [0.5, 0.6) is 0 Å². The first-order valence-electron chi connectivity index (χ1n) is 5.99. The summed E-state index contributed by atoms with van der Waals surface area (Å²) in [5, 5.41) is 14.3. The van der Waals surface area contributed by atoms with Gasteiger partial charge in [0.25, 0.3) is 0 Å². The van der Waals surface area contributed by atoms with Crippen LogP contribution in [0.15, 0.2) is 34.9 Å². The van der Waals surface area contributed by atoms with Crippen LogP contribution in [-0.2, 0) is 13.5 Å². The van der Waals surface area contributed by atoms with Crippen molar-refractivity contribution in [2.45, 2.75) is 25.9 Å². The maximum atomic E-state index is 10.2. The second-order valence-corrected chi connectivity index (χ2v) is 5.36. The highest BCUT2D eigenvalue weighted by molar-refractivity contribution is 9.10. The zero-order chi connectivity index (χ0) is 13.1. The van der Waals surface area contributed by atoms with Crippen LogP contribution in [0.2, 0.25) is 0 Å².